The summed E-state index contributed by atoms with van der Waals surface area (Å²) in [5.74, 6) is -0.209. The summed E-state index contributed by atoms with van der Waals surface area (Å²) in [6.45, 7) is 0.127. The molecule has 1 aliphatic heterocycles. The summed E-state index contributed by atoms with van der Waals surface area (Å²) in [6, 6.07) is 9.24. The molecule has 0 fully saturated rings. The molecule has 0 unspecified atom stereocenters. The average Bonchev–Trinajstić information content (AvgIpc) is 3.32. The minimum Gasteiger partial charge on any atom is -0.454 e. The van der Waals surface area contributed by atoms with Crippen molar-refractivity contribution < 1.29 is 23.5 Å². The number of halogens is 2. The summed E-state index contributed by atoms with van der Waals surface area (Å²) in [5, 5.41) is 7.20. The lowest BCUT2D eigenvalue weighted by atomic mass is 10.2. The van der Waals surface area contributed by atoms with E-state index in [0.717, 1.165) is 0 Å². The van der Waals surface area contributed by atoms with Crippen LogP contribution in [0.1, 0.15) is 16.1 Å². The highest BCUT2D eigenvalue weighted by atomic mass is 79.9. The molecule has 4 rings (SSSR count). The van der Waals surface area contributed by atoms with Gasteiger partial charge in [-0.2, -0.15) is 0 Å². The van der Waals surface area contributed by atoms with E-state index in [0.29, 0.717) is 32.4 Å². The van der Waals surface area contributed by atoms with Gasteiger partial charge in [-0.15, -0.1) is 11.3 Å². The Labute approximate surface area is 177 Å². The van der Waals surface area contributed by atoms with Crippen LogP contribution in [0.2, 0.25) is 0 Å². The minimum atomic E-state index is -0.539. The second kappa shape index (κ2) is 8.18. The molecule has 29 heavy (non-hydrogen) atoms. The maximum absolute atomic E-state index is 13.8. The Balaban J connectivity index is 1.36. The molecule has 2 heterocycles. The largest absolute Gasteiger partial charge is 0.454 e. The highest BCUT2D eigenvalue weighted by molar-refractivity contribution is 9.10. The van der Waals surface area contributed by atoms with E-state index in [2.05, 4.69) is 31.5 Å². The maximum Gasteiger partial charge on any atom is 0.257 e. The maximum atomic E-state index is 13.8. The number of ether oxygens (including phenoxy) is 2. The minimum absolute atomic E-state index is 0.0497. The number of rotatable bonds is 5. The van der Waals surface area contributed by atoms with Crippen molar-refractivity contribution >= 4 is 49.9 Å². The lowest BCUT2D eigenvalue weighted by molar-refractivity contribution is -0.115. The van der Waals surface area contributed by atoms with Crippen LogP contribution in [0.5, 0.6) is 11.5 Å². The van der Waals surface area contributed by atoms with Gasteiger partial charge < -0.3 is 14.8 Å². The third-order valence-corrected chi connectivity index (χ3v) is 5.25. The van der Waals surface area contributed by atoms with Crippen LogP contribution >= 0.6 is 27.3 Å². The first kappa shape index (κ1) is 19.3. The molecule has 2 aromatic carbocycles. The number of thiazole rings is 1. The van der Waals surface area contributed by atoms with Crippen molar-refractivity contribution in [2.24, 2.45) is 0 Å². The average molecular weight is 478 g/mol. The number of benzene rings is 2. The molecule has 0 bridgehead atoms. The summed E-state index contributed by atoms with van der Waals surface area (Å²) in [4.78, 5) is 28.8. The second-order valence-corrected chi connectivity index (χ2v) is 7.79. The van der Waals surface area contributed by atoms with Crippen molar-refractivity contribution in [3.8, 4) is 11.5 Å². The lowest BCUT2D eigenvalue weighted by Crippen LogP contribution is -2.16. The predicted octanol–water partition coefficient (Wildman–Crippen LogP) is 4.21. The number of fused-ring (bicyclic) bond motifs is 1. The Hall–Kier alpha value is -2.98. The van der Waals surface area contributed by atoms with Crippen molar-refractivity contribution in [2.75, 3.05) is 17.4 Å². The van der Waals surface area contributed by atoms with E-state index >= 15 is 0 Å². The SMILES string of the molecule is O=C(Cc1csc(NC(=O)c2ccc3c(c2)OCO3)n1)Nc1ccc(Br)cc1F. The molecule has 0 aliphatic carbocycles. The lowest BCUT2D eigenvalue weighted by Gasteiger charge is -2.05. The van der Waals surface area contributed by atoms with E-state index in [1.165, 1.54) is 23.5 Å². The first-order valence-corrected chi connectivity index (χ1v) is 10.1. The van der Waals surface area contributed by atoms with E-state index in [1.54, 1.807) is 29.6 Å². The molecule has 0 radical (unpaired) electrons. The highest BCUT2D eigenvalue weighted by Crippen LogP contribution is 2.32. The molecule has 148 valence electrons. The number of anilines is 2. The topological polar surface area (TPSA) is 89.6 Å². The fraction of sp³-hybridized carbons (Fsp3) is 0.105. The number of nitrogens with zero attached hydrogens (tertiary/aromatic N) is 1. The van der Waals surface area contributed by atoms with E-state index in [9.17, 15) is 14.0 Å². The van der Waals surface area contributed by atoms with Gasteiger partial charge in [0, 0.05) is 15.4 Å². The molecule has 2 N–H and O–H groups in total. The van der Waals surface area contributed by atoms with Crippen LogP contribution in [-0.4, -0.2) is 23.6 Å². The van der Waals surface area contributed by atoms with Gasteiger partial charge in [-0.05, 0) is 36.4 Å². The number of hydrogen-bond donors (Lipinski definition) is 2. The third kappa shape index (κ3) is 4.54. The molecule has 2 amide bonds. The summed E-state index contributed by atoms with van der Waals surface area (Å²) in [6.07, 6.45) is -0.0497. The van der Waals surface area contributed by atoms with Crippen LogP contribution < -0.4 is 20.1 Å². The molecular formula is C19H13BrFN3O4S. The Morgan fingerprint density at radius 1 is 1.14 bits per heavy atom. The van der Waals surface area contributed by atoms with E-state index in [4.69, 9.17) is 9.47 Å². The summed E-state index contributed by atoms with van der Waals surface area (Å²) in [7, 11) is 0. The van der Waals surface area contributed by atoms with E-state index < -0.39 is 11.7 Å². The predicted molar refractivity (Wildman–Crippen MR) is 109 cm³/mol. The van der Waals surface area contributed by atoms with Crippen LogP contribution in [0, 0.1) is 5.82 Å². The van der Waals surface area contributed by atoms with Gasteiger partial charge >= 0.3 is 0 Å². The Morgan fingerprint density at radius 3 is 2.79 bits per heavy atom. The molecule has 0 saturated heterocycles. The molecule has 0 atom stereocenters. The number of amides is 2. The van der Waals surface area contributed by atoms with E-state index in [1.807, 2.05) is 0 Å². The van der Waals surface area contributed by atoms with Crippen molar-refractivity contribution in [1.29, 1.82) is 0 Å². The van der Waals surface area contributed by atoms with Gasteiger partial charge in [0.1, 0.15) is 5.82 Å². The smallest absolute Gasteiger partial charge is 0.257 e. The fourth-order valence-corrected chi connectivity index (χ4v) is 3.64. The summed E-state index contributed by atoms with van der Waals surface area (Å²) >= 11 is 4.35. The van der Waals surface area contributed by atoms with Crippen LogP contribution in [-0.2, 0) is 11.2 Å². The molecule has 0 spiro atoms. The molecule has 1 aliphatic rings. The first-order chi connectivity index (χ1) is 14.0. The molecule has 7 nitrogen and oxygen atoms in total. The number of carbonyl (C=O) groups excluding carboxylic acids is 2. The molecular weight excluding hydrogens is 465 g/mol. The van der Waals surface area contributed by atoms with Crippen molar-refractivity contribution in [3.63, 3.8) is 0 Å². The van der Waals surface area contributed by atoms with E-state index in [-0.39, 0.29) is 24.8 Å². The Kier molecular flexibility index (Phi) is 5.45. The number of carbonyl (C=O) groups is 2. The number of hydrogen-bond acceptors (Lipinski definition) is 6. The first-order valence-electron chi connectivity index (χ1n) is 8.38. The van der Waals surface area contributed by atoms with Crippen molar-refractivity contribution in [1.82, 2.24) is 4.98 Å². The summed E-state index contributed by atoms with van der Waals surface area (Å²) in [5.41, 5.74) is 0.949. The third-order valence-electron chi connectivity index (χ3n) is 3.95. The molecule has 10 heteroatoms. The fourth-order valence-electron chi connectivity index (χ4n) is 2.60. The highest BCUT2D eigenvalue weighted by Gasteiger charge is 2.17. The normalized spacial score (nSPS) is 11.9. The van der Waals surface area contributed by atoms with Crippen LogP contribution in [0.25, 0.3) is 0 Å². The monoisotopic (exact) mass is 477 g/mol. The van der Waals surface area contributed by atoms with Gasteiger partial charge in [-0.3, -0.25) is 14.9 Å². The Morgan fingerprint density at radius 2 is 1.97 bits per heavy atom. The Bertz CT molecular complexity index is 1100. The zero-order valence-electron chi connectivity index (χ0n) is 14.7. The van der Waals surface area contributed by atoms with Crippen molar-refractivity contribution in [3.05, 3.63) is 63.3 Å². The van der Waals surface area contributed by atoms with Gasteiger partial charge in [-0.25, -0.2) is 9.37 Å². The van der Waals surface area contributed by atoms with Gasteiger partial charge in [0.15, 0.2) is 16.6 Å². The van der Waals surface area contributed by atoms with Crippen LogP contribution in [0.3, 0.4) is 0 Å². The molecule has 1 aromatic heterocycles. The zero-order valence-corrected chi connectivity index (χ0v) is 17.1. The van der Waals surface area contributed by atoms with Crippen molar-refractivity contribution in [2.45, 2.75) is 6.42 Å². The summed E-state index contributed by atoms with van der Waals surface area (Å²) < 4.78 is 24.9. The van der Waals surface area contributed by atoms with Crippen LogP contribution in [0.15, 0.2) is 46.3 Å². The van der Waals surface area contributed by atoms with Gasteiger partial charge in [0.05, 0.1) is 17.8 Å². The number of nitrogens with one attached hydrogen (secondary N) is 2. The quantitative estimate of drug-likeness (QED) is 0.574. The van der Waals surface area contributed by atoms with Crippen LogP contribution in [0.4, 0.5) is 15.2 Å². The van der Waals surface area contributed by atoms with Gasteiger partial charge in [-0.1, -0.05) is 15.9 Å². The second-order valence-electron chi connectivity index (χ2n) is 6.02. The standard InChI is InChI=1S/C19H13BrFN3O4S/c20-11-2-3-14(13(21)6-11)23-17(25)7-12-8-29-19(22-12)24-18(26)10-1-4-15-16(5-10)28-9-27-15/h1-6,8H,7,9H2,(H,23,25)(H,22,24,26). The van der Waals surface area contributed by atoms with Gasteiger partial charge in [0.25, 0.3) is 5.91 Å². The zero-order chi connectivity index (χ0) is 20.4. The molecule has 3 aromatic rings. The van der Waals surface area contributed by atoms with Gasteiger partial charge in [0.2, 0.25) is 12.7 Å². The molecule has 0 saturated carbocycles. The number of aromatic nitrogens is 1.